The third-order valence-electron chi connectivity index (χ3n) is 3.84. The van der Waals surface area contributed by atoms with Crippen LogP contribution in [0.1, 0.15) is 10.4 Å². The minimum Gasteiger partial charge on any atom is -0.379 e. The maximum Gasteiger partial charge on any atom is 0.260 e. The highest BCUT2D eigenvalue weighted by molar-refractivity contribution is 7.15. The Labute approximate surface area is 159 Å². The summed E-state index contributed by atoms with van der Waals surface area (Å²) in [6, 6.07) is 15.9. The molecule has 5 nitrogen and oxygen atoms in total. The summed E-state index contributed by atoms with van der Waals surface area (Å²) < 4.78 is 6.05. The predicted octanol–water partition coefficient (Wildman–Crippen LogP) is 5.43. The number of hydrogen-bond donors (Lipinski definition) is 1. The van der Waals surface area contributed by atoms with E-state index in [9.17, 15) is 0 Å². The van der Waals surface area contributed by atoms with Gasteiger partial charge in [-0.3, -0.25) is 0 Å². The van der Waals surface area contributed by atoms with E-state index < -0.39 is 0 Å². The number of benzene rings is 2. The number of hydrogen-bond acceptors (Lipinski definition) is 6. The first-order chi connectivity index (χ1) is 12.7. The van der Waals surface area contributed by atoms with Crippen molar-refractivity contribution >= 4 is 28.6 Å². The van der Waals surface area contributed by atoms with E-state index in [4.69, 9.17) is 16.1 Å². The van der Waals surface area contributed by atoms with Gasteiger partial charge in [-0.2, -0.15) is 4.98 Å². The number of rotatable bonds is 5. The molecular weight excluding hydrogens is 368 g/mol. The van der Waals surface area contributed by atoms with Crippen molar-refractivity contribution in [1.82, 2.24) is 15.1 Å². The highest BCUT2D eigenvalue weighted by Crippen LogP contribution is 2.29. The smallest absolute Gasteiger partial charge is 0.260 e. The van der Waals surface area contributed by atoms with Crippen molar-refractivity contribution in [2.45, 2.75) is 13.5 Å². The summed E-state index contributed by atoms with van der Waals surface area (Å²) in [6.07, 6.45) is 1.77. The van der Waals surface area contributed by atoms with Gasteiger partial charge in [-0.1, -0.05) is 52.7 Å². The van der Waals surface area contributed by atoms with Crippen LogP contribution in [-0.4, -0.2) is 15.1 Å². The number of aryl methyl sites for hydroxylation is 1. The summed E-state index contributed by atoms with van der Waals surface area (Å²) in [5, 5.41) is 7.51. The molecule has 2 aromatic carbocycles. The van der Waals surface area contributed by atoms with E-state index in [0.717, 1.165) is 27.3 Å². The minimum atomic E-state index is 0.479. The van der Waals surface area contributed by atoms with E-state index in [1.54, 1.807) is 6.20 Å². The highest BCUT2D eigenvalue weighted by Gasteiger charge is 2.14. The van der Waals surface area contributed by atoms with Crippen LogP contribution in [0.25, 0.3) is 22.8 Å². The zero-order valence-corrected chi connectivity index (χ0v) is 15.5. The van der Waals surface area contributed by atoms with E-state index in [1.807, 2.05) is 55.5 Å². The fourth-order valence-corrected chi connectivity index (χ4v) is 3.52. The van der Waals surface area contributed by atoms with E-state index in [-0.39, 0.29) is 0 Å². The third kappa shape index (κ3) is 3.61. The molecule has 0 aliphatic rings. The van der Waals surface area contributed by atoms with Crippen LogP contribution < -0.4 is 5.32 Å². The second-order valence-corrected chi connectivity index (χ2v) is 7.47. The lowest BCUT2D eigenvalue weighted by Gasteiger charge is -2.08. The van der Waals surface area contributed by atoms with Crippen molar-refractivity contribution < 1.29 is 4.52 Å². The molecule has 0 amide bonds. The third-order valence-corrected chi connectivity index (χ3v) is 4.95. The van der Waals surface area contributed by atoms with Crippen LogP contribution in [0.4, 0.5) is 5.69 Å². The van der Waals surface area contributed by atoms with E-state index >= 15 is 0 Å². The number of para-hydroxylation sites is 1. The van der Waals surface area contributed by atoms with Gasteiger partial charge in [0.05, 0.1) is 12.1 Å². The topological polar surface area (TPSA) is 63.8 Å². The molecule has 0 aliphatic carbocycles. The molecule has 0 spiro atoms. The summed E-state index contributed by atoms with van der Waals surface area (Å²) in [5.74, 6) is 1.06. The van der Waals surface area contributed by atoms with E-state index in [1.165, 1.54) is 11.3 Å². The number of nitrogens with zero attached hydrogens (tertiary/aromatic N) is 3. The molecule has 0 bridgehead atoms. The van der Waals surface area contributed by atoms with Crippen molar-refractivity contribution in [3.8, 4) is 22.8 Å². The normalized spacial score (nSPS) is 10.8. The molecule has 26 heavy (non-hydrogen) atoms. The first-order valence-electron chi connectivity index (χ1n) is 8.03. The largest absolute Gasteiger partial charge is 0.379 e. The van der Waals surface area contributed by atoms with Crippen LogP contribution >= 0.6 is 22.9 Å². The average Bonchev–Trinajstić information content (AvgIpc) is 3.29. The van der Waals surface area contributed by atoms with Crippen LogP contribution in [0.5, 0.6) is 0 Å². The lowest BCUT2D eigenvalue weighted by molar-refractivity contribution is 0.432. The Kier molecular flexibility index (Phi) is 4.69. The molecule has 1 N–H and O–H groups in total. The van der Waals surface area contributed by atoms with Crippen molar-refractivity contribution in [2.75, 3.05) is 5.32 Å². The molecule has 4 aromatic rings. The molecule has 2 aromatic heterocycles. The van der Waals surface area contributed by atoms with Crippen molar-refractivity contribution in [2.24, 2.45) is 0 Å². The van der Waals surface area contributed by atoms with Gasteiger partial charge in [0.15, 0.2) is 4.47 Å². The van der Waals surface area contributed by atoms with Crippen molar-refractivity contribution in [3.05, 3.63) is 69.6 Å². The summed E-state index contributed by atoms with van der Waals surface area (Å²) in [5.41, 5.74) is 3.86. The fraction of sp³-hybridized carbons (Fsp3) is 0.105. The lowest BCUT2D eigenvalue weighted by Crippen LogP contribution is -1.99. The maximum absolute atomic E-state index is 5.89. The summed E-state index contributed by atoms with van der Waals surface area (Å²) in [7, 11) is 0. The fourth-order valence-electron chi connectivity index (χ4n) is 2.61. The van der Waals surface area contributed by atoms with Gasteiger partial charge in [0, 0.05) is 22.3 Å². The maximum atomic E-state index is 5.89. The number of thiazole rings is 1. The molecule has 0 atom stereocenters. The van der Waals surface area contributed by atoms with Gasteiger partial charge in [-0.15, -0.1) is 11.3 Å². The Morgan fingerprint density at radius 1 is 1.15 bits per heavy atom. The molecule has 0 saturated heterocycles. The van der Waals surface area contributed by atoms with E-state index in [0.29, 0.717) is 22.7 Å². The second kappa shape index (κ2) is 7.27. The van der Waals surface area contributed by atoms with Gasteiger partial charge < -0.3 is 9.84 Å². The molecule has 0 saturated carbocycles. The first-order valence-corrected chi connectivity index (χ1v) is 9.23. The molecule has 0 unspecified atom stereocenters. The molecule has 7 heteroatoms. The van der Waals surface area contributed by atoms with Gasteiger partial charge in [0.25, 0.3) is 5.89 Å². The van der Waals surface area contributed by atoms with Crippen molar-refractivity contribution in [1.29, 1.82) is 0 Å². The monoisotopic (exact) mass is 382 g/mol. The quantitative estimate of drug-likeness (QED) is 0.498. The molecule has 0 radical (unpaired) electrons. The van der Waals surface area contributed by atoms with Crippen molar-refractivity contribution in [3.63, 3.8) is 0 Å². The Hall–Kier alpha value is -2.70. The van der Waals surface area contributed by atoms with Gasteiger partial charge in [0.1, 0.15) is 0 Å². The number of anilines is 1. The standard InChI is InChI=1S/C19H15ClN4OS/c1-12-5-4-6-13(9-12)17-23-18(25-24-17)15-7-2-3-8-16(15)21-10-14-11-22-19(20)26-14/h2-9,11,21H,10H2,1H3. The minimum absolute atomic E-state index is 0.479. The van der Waals surface area contributed by atoms with Crippen LogP contribution in [0.3, 0.4) is 0 Å². The summed E-state index contributed by atoms with van der Waals surface area (Å²) in [6.45, 7) is 2.66. The summed E-state index contributed by atoms with van der Waals surface area (Å²) in [4.78, 5) is 9.67. The Morgan fingerprint density at radius 2 is 2.04 bits per heavy atom. The Bertz CT molecular complexity index is 1040. The van der Waals surface area contributed by atoms with Gasteiger partial charge >= 0.3 is 0 Å². The van der Waals surface area contributed by atoms with Crippen LogP contribution in [0.15, 0.2) is 59.3 Å². The number of nitrogens with one attached hydrogen (secondary N) is 1. The molecule has 0 aliphatic heterocycles. The van der Waals surface area contributed by atoms with Crippen LogP contribution in [0, 0.1) is 6.92 Å². The summed E-state index contributed by atoms with van der Waals surface area (Å²) >= 11 is 7.34. The predicted molar refractivity (Wildman–Crippen MR) is 104 cm³/mol. The molecule has 130 valence electrons. The Balaban J connectivity index is 1.60. The van der Waals surface area contributed by atoms with Crippen LogP contribution in [-0.2, 0) is 6.54 Å². The number of aromatic nitrogens is 3. The molecular formula is C19H15ClN4OS. The highest BCUT2D eigenvalue weighted by atomic mass is 35.5. The Morgan fingerprint density at radius 3 is 2.85 bits per heavy atom. The average molecular weight is 383 g/mol. The zero-order valence-electron chi connectivity index (χ0n) is 13.9. The first kappa shape index (κ1) is 16.8. The van der Waals surface area contributed by atoms with Gasteiger partial charge in [0.2, 0.25) is 5.82 Å². The number of halogens is 1. The second-order valence-electron chi connectivity index (χ2n) is 5.77. The van der Waals surface area contributed by atoms with Gasteiger partial charge in [-0.25, -0.2) is 4.98 Å². The molecule has 2 heterocycles. The SMILES string of the molecule is Cc1cccc(-c2noc(-c3ccccc3NCc3cnc(Cl)s3)n2)c1. The molecule has 4 rings (SSSR count). The van der Waals surface area contributed by atoms with Gasteiger partial charge in [-0.05, 0) is 25.1 Å². The zero-order chi connectivity index (χ0) is 17.9. The van der Waals surface area contributed by atoms with Crippen LogP contribution in [0.2, 0.25) is 4.47 Å². The van der Waals surface area contributed by atoms with E-state index in [2.05, 4.69) is 20.4 Å². The lowest BCUT2D eigenvalue weighted by atomic mass is 10.1. The molecule has 0 fully saturated rings.